The third kappa shape index (κ3) is 5.58. The largest absolute Gasteiger partial charge is 0.497 e. The van der Waals surface area contributed by atoms with Crippen LogP contribution in [0.15, 0.2) is 84.9 Å². The fourth-order valence-electron chi connectivity index (χ4n) is 2.90. The number of hydrogen-bond donors (Lipinski definition) is 2. The molecule has 27 heavy (non-hydrogen) atoms. The molecule has 3 rings (SSSR count). The quantitative estimate of drug-likeness (QED) is 0.607. The van der Waals surface area contributed by atoms with Crippen LogP contribution in [0.2, 0.25) is 0 Å². The zero-order valence-corrected chi connectivity index (χ0v) is 15.4. The zero-order valence-electron chi connectivity index (χ0n) is 15.4. The van der Waals surface area contributed by atoms with E-state index in [0.29, 0.717) is 12.3 Å². The van der Waals surface area contributed by atoms with Crippen LogP contribution < -0.4 is 14.8 Å². The summed E-state index contributed by atoms with van der Waals surface area (Å²) < 4.78 is 10.8. The molecule has 140 valence electrons. The Hall–Kier alpha value is -2.82. The topological polar surface area (TPSA) is 50.7 Å². The molecule has 2 N–H and O–H groups in total. The second kappa shape index (κ2) is 9.76. The summed E-state index contributed by atoms with van der Waals surface area (Å²) in [6.07, 6.45) is -0.623. The van der Waals surface area contributed by atoms with Crippen molar-refractivity contribution in [3.05, 3.63) is 96.1 Å². The fourth-order valence-corrected chi connectivity index (χ4v) is 2.90. The lowest BCUT2D eigenvalue weighted by Crippen LogP contribution is -2.34. The summed E-state index contributed by atoms with van der Waals surface area (Å²) in [6, 6.07) is 27.8. The molecule has 0 saturated carbocycles. The fraction of sp³-hybridized carbons (Fsp3) is 0.217. The first-order valence-corrected chi connectivity index (χ1v) is 9.04. The van der Waals surface area contributed by atoms with E-state index in [-0.39, 0.29) is 12.6 Å². The molecule has 4 heteroatoms. The molecular formula is C23H25NO3. The highest BCUT2D eigenvalue weighted by molar-refractivity contribution is 5.32. The molecule has 0 aromatic heterocycles. The number of ether oxygens (including phenoxy) is 2. The van der Waals surface area contributed by atoms with Gasteiger partial charge >= 0.3 is 0 Å². The van der Waals surface area contributed by atoms with Crippen molar-refractivity contribution in [2.75, 3.05) is 20.3 Å². The highest BCUT2D eigenvalue weighted by Gasteiger charge is 2.15. The van der Waals surface area contributed by atoms with Crippen molar-refractivity contribution in [2.24, 2.45) is 0 Å². The van der Waals surface area contributed by atoms with Gasteiger partial charge < -0.3 is 19.9 Å². The van der Waals surface area contributed by atoms with Gasteiger partial charge in [-0.15, -0.1) is 0 Å². The van der Waals surface area contributed by atoms with Crippen molar-refractivity contribution in [3.8, 4) is 11.5 Å². The predicted octanol–water partition coefficient (Wildman–Crippen LogP) is 3.81. The van der Waals surface area contributed by atoms with Crippen LogP contribution in [-0.4, -0.2) is 31.5 Å². The molecule has 1 unspecified atom stereocenters. The van der Waals surface area contributed by atoms with Crippen molar-refractivity contribution >= 4 is 0 Å². The summed E-state index contributed by atoms with van der Waals surface area (Å²) in [4.78, 5) is 0. The minimum absolute atomic E-state index is 0.0167. The number of aliphatic hydroxyl groups is 1. The lowest BCUT2D eigenvalue weighted by atomic mass is 9.98. The maximum absolute atomic E-state index is 10.3. The molecule has 0 radical (unpaired) electrons. The Balaban J connectivity index is 1.58. The third-order valence-electron chi connectivity index (χ3n) is 4.33. The van der Waals surface area contributed by atoms with Crippen LogP contribution in [0.25, 0.3) is 0 Å². The number of methoxy groups -OCH3 is 1. The van der Waals surface area contributed by atoms with E-state index in [0.717, 1.165) is 16.9 Å². The van der Waals surface area contributed by atoms with Gasteiger partial charge in [-0.25, -0.2) is 0 Å². The van der Waals surface area contributed by atoms with E-state index in [2.05, 4.69) is 29.6 Å². The third-order valence-corrected chi connectivity index (χ3v) is 4.33. The van der Waals surface area contributed by atoms with Crippen LogP contribution in [-0.2, 0) is 0 Å². The van der Waals surface area contributed by atoms with Crippen LogP contribution in [0.3, 0.4) is 0 Å². The van der Waals surface area contributed by atoms with Crippen LogP contribution in [0.5, 0.6) is 11.5 Å². The van der Waals surface area contributed by atoms with Crippen molar-refractivity contribution in [3.63, 3.8) is 0 Å². The summed E-state index contributed by atoms with van der Waals surface area (Å²) in [5.74, 6) is 1.48. The van der Waals surface area contributed by atoms with Gasteiger partial charge in [-0.3, -0.25) is 0 Å². The molecule has 0 heterocycles. The monoisotopic (exact) mass is 363 g/mol. The molecule has 0 fully saturated rings. The Morgan fingerprint density at radius 1 is 0.778 bits per heavy atom. The smallest absolute Gasteiger partial charge is 0.119 e. The Morgan fingerprint density at radius 2 is 1.30 bits per heavy atom. The van der Waals surface area contributed by atoms with Crippen molar-refractivity contribution in [2.45, 2.75) is 12.1 Å². The van der Waals surface area contributed by atoms with E-state index in [1.807, 2.05) is 60.7 Å². The minimum atomic E-state index is -0.623. The standard InChI is InChI=1S/C23H25NO3/c1-26-21-12-14-22(15-13-21)27-17-20(25)16-24-23(18-8-4-2-5-9-18)19-10-6-3-7-11-19/h2-15,20,23-25H,16-17H2,1H3. The Bertz CT molecular complexity index is 751. The maximum atomic E-state index is 10.3. The van der Waals surface area contributed by atoms with Gasteiger partial charge in [-0.2, -0.15) is 0 Å². The number of aliphatic hydroxyl groups excluding tert-OH is 1. The average molecular weight is 363 g/mol. The van der Waals surface area contributed by atoms with Gasteiger partial charge in [0, 0.05) is 6.54 Å². The maximum Gasteiger partial charge on any atom is 0.119 e. The van der Waals surface area contributed by atoms with Crippen LogP contribution in [0.1, 0.15) is 17.2 Å². The molecule has 3 aromatic rings. The number of nitrogens with one attached hydrogen (secondary N) is 1. The number of rotatable bonds is 9. The lowest BCUT2D eigenvalue weighted by molar-refractivity contribution is 0.105. The van der Waals surface area contributed by atoms with E-state index in [1.54, 1.807) is 7.11 Å². The van der Waals surface area contributed by atoms with Crippen molar-refractivity contribution < 1.29 is 14.6 Å². The molecule has 0 aliphatic carbocycles. The molecule has 4 nitrogen and oxygen atoms in total. The van der Waals surface area contributed by atoms with Crippen molar-refractivity contribution in [1.82, 2.24) is 5.32 Å². The molecule has 0 saturated heterocycles. The first-order valence-electron chi connectivity index (χ1n) is 9.04. The summed E-state index contributed by atoms with van der Waals surface area (Å²) >= 11 is 0. The van der Waals surface area contributed by atoms with Gasteiger partial charge in [0.1, 0.15) is 24.2 Å². The molecular weight excluding hydrogens is 338 g/mol. The summed E-state index contributed by atoms with van der Waals surface area (Å²) in [6.45, 7) is 0.639. The Labute approximate surface area is 160 Å². The number of hydrogen-bond acceptors (Lipinski definition) is 4. The lowest BCUT2D eigenvalue weighted by Gasteiger charge is -2.22. The number of benzene rings is 3. The van der Waals surface area contributed by atoms with E-state index >= 15 is 0 Å². The molecule has 0 aliphatic rings. The first-order chi connectivity index (χ1) is 13.3. The zero-order chi connectivity index (χ0) is 18.9. The summed E-state index contributed by atoms with van der Waals surface area (Å²) in [7, 11) is 1.63. The minimum Gasteiger partial charge on any atom is -0.497 e. The van der Waals surface area contributed by atoms with Crippen LogP contribution in [0, 0.1) is 0 Å². The second-order valence-corrected chi connectivity index (χ2v) is 6.30. The Kier molecular flexibility index (Phi) is 6.85. The SMILES string of the molecule is COc1ccc(OCC(O)CNC(c2ccccc2)c2ccccc2)cc1. The molecule has 3 aromatic carbocycles. The van der Waals surface area contributed by atoms with E-state index in [9.17, 15) is 5.11 Å². The van der Waals surface area contributed by atoms with Crippen LogP contribution >= 0.6 is 0 Å². The second-order valence-electron chi connectivity index (χ2n) is 6.30. The summed E-state index contributed by atoms with van der Waals surface area (Å²) in [5, 5.41) is 13.8. The predicted molar refractivity (Wildman–Crippen MR) is 107 cm³/mol. The molecule has 0 bridgehead atoms. The average Bonchev–Trinajstić information content (AvgIpc) is 2.74. The van der Waals surface area contributed by atoms with Gasteiger partial charge in [-0.1, -0.05) is 60.7 Å². The Morgan fingerprint density at radius 3 is 1.81 bits per heavy atom. The van der Waals surface area contributed by atoms with Crippen molar-refractivity contribution in [1.29, 1.82) is 0 Å². The van der Waals surface area contributed by atoms with E-state index < -0.39 is 6.10 Å². The van der Waals surface area contributed by atoms with E-state index in [1.165, 1.54) is 0 Å². The summed E-state index contributed by atoms with van der Waals surface area (Å²) in [5.41, 5.74) is 2.32. The highest BCUT2D eigenvalue weighted by atomic mass is 16.5. The normalized spacial score (nSPS) is 12.0. The molecule has 0 amide bonds. The molecule has 0 aliphatic heterocycles. The van der Waals surface area contributed by atoms with Gasteiger partial charge in [0.05, 0.1) is 13.2 Å². The van der Waals surface area contributed by atoms with E-state index in [4.69, 9.17) is 9.47 Å². The first kappa shape index (κ1) is 19.0. The van der Waals surface area contributed by atoms with Gasteiger partial charge in [0.25, 0.3) is 0 Å². The van der Waals surface area contributed by atoms with Gasteiger partial charge in [0.15, 0.2) is 0 Å². The highest BCUT2D eigenvalue weighted by Crippen LogP contribution is 2.22. The van der Waals surface area contributed by atoms with Gasteiger partial charge in [-0.05, 0) is 35.4 Å². The van der Waals surface area contributed by atoms with Gasteiger partial charge in [0.2, 0.25) is 0 Å². The molecule has 0 spiro atoms. The molecule has 1 atom stereocenters. The van der Waals surface area contributed by atoms with Crippen LogP contribution in [0.4, 0.5) is 0 Å².